The monoisotopic (exact) mass is 402 g/mol. The van der Waals surface area contributed by atoms with Gasteiger partial charge < -0.3 is 20.3 Å². The second-order valence-corrected chi connectivity index (χ2v) is 7.54. The van der Waals surface area contributed by atoms with Crippen LogP contribution in [0.15, 0.2) is 0 Å². The highest BCUT2D eigenvalue weighted by Gasteiger charge is 2.04. The van der Waals surface area contributed by atoms with Crippen LogP contribution in [0, 0.1) is 0 Å². The molecule has 1 amide bonds. The third kappa shape index (κ3) is 20.1. The molecule has 0 aromatic heterocycles. The Bertz CT molecular complexity index is 324. The number of aliphatic hydroxyl groups excluding tert-OH is 2. The number of unbranched alkanes of at least 4 members (excludes halogenated alkanes) is 10. The van der Waals surface area contributed by atoms with Gasteiger partial charge in [-0.2, -0.15) is 0 Å². The summed E-state index contributed by atoms with van der Waals surface area (Å²) in [5, 5.41) is 20.8. The molecule has 3 N–H and O–H groups in total. The summed E-state index contributed by atoms with van der Waals surface area (Å²) in [6.45, 7) is 5.74. The number of rotatable bonds is 22. The maximum Gasteiger partial charge on any atom is 0.220 e. The standard InChI is InChI=1S/C22H46N2O4/c1-2-3-4-5-6-7-8-9-10-11-12-13-22(27)23-14-20-28-21-17-24(15-18-25)16-19-26/h25-26H,2-21H2,1H3,(H,23,27). The van der Waals surface area contributed by atoms with Crippen LogP contribution in [0.2, 0.25) is 0 Å². The number of hydrogen-bond donors (Lipinski definition) is 3. The Morgan fingerprint density at radius 1 is 0.786 bits per heavy atom. The van der Waals surface area contributed by atoms with Gasteiger partial charge in [0.2, 0.25) is 5.91 Å². The van der Waals surface area contributed by atoms with Crippen molar-refractivity contribution in [1.29, 1.82) is 0 Å². The lowest BCUT2D eigenvalue weighted by Crippen LogP contribution is -2.33. The number of ether oxygens (including phenoxy) is 1. The van der Waals surface area contributed by atoms with Gasteiger partial charge in [-0.05, 0) is 6.42 Å². The summed E-state index contributed by atoms with van der Waals surface area (Å²) < 4.78 is 5.50. The minimum absolute atomic E-state index is 0.0785. The van der Waals surface area contributed by atoms with Gasteiger partial charge in [-0.3, -0.25) is 9.69 Å². The predicted molar refractivity (Wildman–Crippen MR) is 116 cm³/mol. The van der Waals surface area contributed by atoms with E-state index in [9.17, 15) is 4.79 Å². The molecule has 0 atom stereocenters. The van der Waals surface area contributed by atoms with Crippen molar-refractivity contribution in [2.24, 2.45) is 0 Å². The lowest BCUT2D eigenvalue weighted by atomic mass is 10.1. The molecule has 168 valence electrons. The molecule has 0 aliphatic rings. The maximum atomic E-state index is 11.8. The van der Waals surface area contributed by atoms with Gasteiger partial charge >= 0.3 is 0 Å². The van der Waals surface area contributed by atoms with Gasteiger partial charge in [0.25, 0.3) is 0 Å². The third-order valence-electron chi connectivity index (χ3n) is 4.96. The van der Waals surface area contributed by atoms with Crippen molar-refractivity contribution in [2.45, 2.75) is 84.0 Å². The molecule has 0 fully saturated rings. The molecule has 0 heterocycles. The van der Waals surface area contributed by atoms with E-state index in [-0.39, 0.29) is 19.1 Å². The zero-order chi connectivity index (χ0) is 20.7. The molecule has 0 aliphatic carbocycles. The number of aliphatic hydroxyl groups is 2. The smallest absolute Gasteiger partial charge is 0.220 e. The van der Waals surface area contributed by atoms with Crippen LogP contribution in [-0.2, 0) is 9.53 Å². The molecule has 0 rings (SSSR count). The van der Waals surface area contributed by atoms with Gasteiger partial charge in [-0.15, -0.1) is 0 Å². The highest BCUT2D eigenvalue weighted by atomic mass is 16.5. The average Bonchev–Trinajstić information content (AvgIpc) is 2.69. The number of hydrogen-bond acceptors (Lipinski definition) is 5. The van der Waals surface area contributed by atoms with E-state index in [1.807, 2.05) is 4.90 Å². The van der Waals surface area contributed by atoms with Crippen molar-refractivity contribution < 1.29 is 19.7 Å². The second-order valence-electron chi connectivity index (χ2n) is 7.54. The van der Waals surface area contributed by atoms with Crippen molar-refractivity contribution in [1.82, 2.24) is 10.2 Å². The fourth-order valence-electron chi connectivity index (χ4n) is 3.21. The Morgan fingerprint density at radius 2 is 1.32 bits per heavy atom. The first-order chi connectivity index (χ1) is 13.7. The molecule has 0 saturated carbocycles. The van der Waals surface area contributed by atoms with Gasteiger partial charge in [0.1, 0.15) is 0 Å². The number of amides is 1. The molecule has 0 bridgehead atoms. The van der Waals surface area contributed by atoms with Gasteiger partial charge in [-0.25, -0.2) is 0 Å². The maximum absolute atomic E-state index is 11.8. The number of carbonyl (C=O) groups is 1. The van der Waals surface area contributed by atoms with Crippen molar-refractivity contribution in [3.05, 3.63) is 0 Å². The van der Waals surface area contributed by atoms with Gasteiger partial charge in [0, 0.05) is 32.6 Å². The summed E-state index contributed by atoms with van der Waals surface area (Å²) in [7, 11) is 0. The lowest BCUT2D eigenvalue weighted by molar-refractivity contribution is -0.121. The van der Waals surface area contributed by atoms with Crippen LogP contribution in [0.3, 0.4) is 0 Å². The number of nitrogens with one attached hydrogen (secondary N) is 1. The molecule has 28 heavy (non-hydrogen) atoms. The third-order valence-corrected chi connectivity index (χ3v) is 4.96. The summed E-state index contributed by atoms with van der Waals surface area (Å²) in [6, 6.07) is 0. The van der Waals surface area contributed by atoms with E-state index in [1.54, 1.807) is 0 Å². The molecule has 0 aromatic carbocycles. The highest BCUT2D eigenvalue weighted by molar-refractivity contribution is 5.75. The molecular formula is C22H46N2O4. The molecule has 6 heteroatoms. The largest absolute Gasteiger partial charge is 0.395 e. The van der Waals surface area contributed by atoms with Crippen molar-refractivity contribution in [2.75, 3.05) is 52.6 Å². The molecule has 0 aliphatic heterocycles. The van der Waals surface area contributed by atoms with Gasteiger partial charge in [-0.1, -0.05) is 71.1 Å². The van der Waals surface area contributed by atoms with Crippen LogP contribution in [0.4, 0.5) is 0 Å². The van der Waals surface area contributed by atoms with E-state index in [4.69, 9.17) is 14.9 Å². The minimum atomic E-state index is 0.0785. The van der Waals surface area contributed by atoms with Crippen molar-refractivity contribution in [3.8, 4) is 0 Å². The average molecular weight is 403 g/mol. The highest BCUT2D eigenvalue weighted by Crippen LogP contribution is 2.11. The van der Waals surface area contributed by atoms with Gasteiger partial charge in [0.05, 0.1) is 26.4 Å². The van der Waals surface area contributed by atoms with Crippen LogP contribution in [-0.4, -0.2) is 73.6 Å². The van der Waals surface area contributed by atoms with E-state index in [1.165, 1.54) is 57.8 Å². The number of carbonyl (C=O) groups excluding carboxylic acids is 1. The van der Waals surface area contributed by atoms with Crippen LogP contribution in [0.25, 0.3) is 0 Å². The van der Waals surface area contributed by atoms with E-state index in [2.05, 4.69) is 12.2 Å². The van der Waals surface area contributed by atoms with Crippen molar-refractivity contribution >= 4 is 5.91 Å². The van der Waals surface area contributed by atoms with Crippen LogP contribution < -0.4 is 5.32 Å². The molecule has 0 unspecified atom stereocenters. The topological polar surface area (TPSA) is 82.0 Å². The summed E-state index contributed by atoms with van der Waals surface area (Å²) in [6.07, 6.45) is 14.8. The van der Waals surface area contributed by atoms with Crippen molar-refractivity contribution in [3.63, 3.8) is 0 Å². The normalized spacial score (nSPS) is 11.3. The van der Waals surface area contributed by atoms with E-state index < -0.39 is 0 Å². The second kappa shape index (κ2) is 22.6. The molecule has 6 nitrogen and oxygen atoms in total. The Morgan fingerprint density at radius 3 is 1.86 bits per heavy atom. The van der Waals surface area contributed by atoms with Crippen LogP contribution in [0.5, 0.6) is 0 Å². The molecule has 0 radical (unpaired) electrons. The summed E-state index contributed by atoms with van der Waals surface area (Å²) in [5.74, 6) is 0.113. The Kier molecular flexibility index (Phi) is 22.0. The van der Waals surface area contributed by atoms with Crippen LogP contribution in [0.1, 0.15) is 84.0 Å². The summed E-state index contributed by atoms with van der Waals surface area (Å²) in [4.78, 5) is 13.7. The molecule has 0 saturated heterocycles. The number of nitrogens with zero attached hydrogens (tertiary/aromatic N) is 1. The van der Waals surface area contributed by atoms with E-state index in [0.717, 1.165) is 12.8 Å². The SMILES string of the molecule is CCCCCCCCCCCCCC(=O)NCCOCCN(CCO)CCO. The molecule has 0 spiro atoms. The van der Waals surface area contributed by atoms with Crippen LogP contribution >= 0.6 is 0 Å². The lowest BCUT2D eigenvalue weighted by Gasteiger charge is -2.19. The Hall–Kier alpha value is -0.690. The quantitative estimate of drug-likeness (QED) is 0.242. The zero-order valence-corrected chi connectivity index (χ0v) is 18.3. The zero-order valence-electron chi connectivity index (χ0n) is 18.3. The first-order valence-electron chi connectivity index (χ1n) is 11.5. The molecule has 0 aromatic rings. The summed E-state index contributed by atoms with van der Waals surface area (Å²) >= 11 is 0. The van der Waals surface area contributed by atoms with E-state index in [0.29, 0.717) is 45.8 Å². The Balaban J connectivity index is 3.31. The fraction of sp³-hybridized carbons (Fsp3) is 0.955. The Labute approximate surface area is 173 Å². The predicted octanol–water partition coefficient (Wildman–Crippen LogP) is 3.11. The van der Waals surface area contributed by atoms with Gasteiger partial charge in [0.15, 0.2) is 0 Å². The fourth-order valence-corrected chi connectivity index (χ4v) is 3.21. The minimum Gasteiger partial charge on any atom is -0.395 e. The molecular weight excluding hydrogens is 356 g/mol. The first-order valence-corrected chi connectivity index (χ1v) is 11.5. The summed E-state index contributed by atoms with van der Waals surface area (Å²) in [5.41, 5.74) is 0. The first kappa shape index (κ1) is 27.3. The van der Waals surface area contributed by atoms with E-state index >= 15 is 0 Å².